The number of halogens is 1. The van der Waals surface area contributed by atoms with Gasteiger partial charge in [-0.3, -0.25) is 4.79 Å². The van der Waals surface area contributed by atoms with Gasteiger partial charge in [-0.05, 0) is 54.5 Å². The highest BCUT2D eigenvalue weighted by Gasteiger charge is 2.27. The Morgan fingerprint density at radius 1 is 1.18 bits per heavy atom. The van der Waals surface area contributed by atoms with Crippen molar-refractivity contribution in [2.75, 3.05) is 5.32 Å². The van der Waals surface area contributed by atoms with E-state index in [2.05, 4.69) is 51.7 Å². The van der Waals surface area contributed by atoms with E-state index in [1.165, 1.54) is 17.3 Å². The Hall–Kier alpha value is -3.21. The summed E-state index contributed by atoms with van der Waals surface area (Å²) in [5.41, 5.74) is 4.14. The third-order valence-corrected chi connectivity index (χ3v) is 6.69. The number of ether oxygens (including phenoxy) is 1. The number of carbonyl (C=O) groups excluding carboxylic acids is 1. The fourth-order valence-corrected chi connectivity index (χ4v) is 4.72. The van der Waals surface area contributed by atoms with E-state index >= 15 is 0 Å². The zero-order valence-electron chi connectivity index (χ0n) is 18.0. The molecule has 3 aromatic carbocycles. The lowest BCUT2D eigenvalue weighted by atomic mass is 10.1. The number of hydrogen-bond acceptors (Lipinski definition) is 5. The number of nitrogens with one attached hydrogen (secondary N) is 2. The fourth-order valence-electron chi connectivity index (χ4n) is 3.37. The number of thioether (sulfide) groups is 1. The maximum atomic E-state index is 12.6. The van der Waals surface area contributed by atoms with Crippen molar-refractivity contribution in [1.29, 1.82) is 5.26 Å². The van der Waals surface area contributed by atoms with E-state index < -0.39 is 0 Å². The maximum absolute atomic E-state index is 12.6. The van der Waals surface area contributed by atoms with E-state index in [1.807, 2.05) is 54.6 Å². The molecule has 2 N–H and O–H groups in total. The largest absolute Gasteiger partial charge is 0.488 e. The number of benzene rings is 3. The summed E-state index contributed by atoms with van der Waals surface area (Å²) in [5.74, 6) is 0.502. The number of rotatable bonds is 7. The van der Waals surface area contributed by atoms with Crippen LogP contribution in [0.2, 0.25) is 0 Å². The minimum Gasteiger partial charge on any atom is -0.488 e. The Morgan fingerprint density at radius 2 is 1.97 bits per heavy atom. The van der Waals surface area contributed by atoms with Crippen molar-refractivity contribution < 1.29 is 9.53 Å². The molecule has 5 nitrogen and oxygen atoms in total. The van der Waals surface area contributed by atoms with Crippen LogP contribution in [0.1, 0.15) is 29.2 Å². The van der Waals surface area contributed by atoms with Crippen molar-refractivity contribution in [3.63, 3.8) is 0 Å². The molecular formula is C26H22BrN3O2S. The van der Waals surface area contributed by atoms with Gasteiger partial charge < -0.3 is 15.4 Å². The van der Waals surface area contributed by atoms with E-state index in [1.54, 1.807) is 6.07 Å². The second-order valence-corrected chi connectivity index (χ2v) is 9.48. The molecule has 0 radical (unpaired) electrons. The van der Waals surface area contributed by atoms with Gasteiger partial charge in [0, 0.05) is 21.3 Å². The molecule has 4 rings (SSSR count). The molecule has 1 aliphatic rings. The lowest BCUT2D eigenvalue weighted by molar-refractivity contribution is -0.116. The van der Waals surface area contributed by atoms with Crippen molar-refractivity contribution in [3.8, 4) is 11.8 Å². The summed E-state index contributed by atoms with van der Waals surface area (Å²) in [6, 6.07) is 23.4. The molecule has 0 bridgehead atoms. The van der Waals surface area contributed by atoms with E-state index in [-0.39, 0.29) is 18.0 Å². The highest BCUT2D eigenvalue weighted by atomic mass is 79.9. The van der Waals surface area contributed by atoms with Crippen molar-refractivity contribution >= 4 is 45.4 Å². The standard InChI is InChI=1S/C26H22BrN3O2S/c1-2-17-7-10-22(11-8-17)29-26-30-25(31)24(33-26)14-20-13-21(27)9-12-23(20)32-16-19-6-4-3-5-18(19)15-28/h3-14,26,29H,2,16H2,1H3,(H,30,31)/b24-14-/t26-/m0/s1. The molecule has 1 atom stereocenters. The molecule has 0 aliphatic carbocycles. The van der Waals surface area contributed by atoms with Gasteiger partial charge in [-0.25, -0.2) is 0 Å². The minimum absolute atomic E-state index is 0.136. The van der Waals surface area contributed by atoms with Crippen LogP contribution in [0, 0.1) is 11.3 Å². The van der Waals surface area contributed by atoms with E-state index in [0.29, 0.717) is 16.2 Å². The van der Waals surface area contributed by atoms with Crippen LogP contribution in [0.4, 0.5) is 5.69 Å². The minimum atomic E-state index is -0.254. The first-order valence-electron chi connectivity index (χ1n) is 10.5. The van der Waals surface area contributed by atoms with Crippen LogP contribution >= 0.6 is 27.7 Å². The predicted molar refractivity (Wildman–Crippen MR) is 137 cm³/mol. The predicted octanol–water partition coefficient (Wildman–Crippen LogP) is 6.06. The van der Waals surface area contributed by atoms with Crippen LogP contribution in [0.5, 0.6) is 5.75 Å². The fraction of sp³-hybridized carbons (Fsp3) is 0.154. The quantitative estimate of drug-likeness (QED) is 0.371. The molecule has 1 aliphatic heterocycles. The van der Waals surface area contributed by atoms with Gasteiger partial charge in [0.15, 0.2) is 5.50 Å². The van der Waals surface area contributed by atoms with Gasteiger partial charge >= 0.3 is 0 Å². The third-order valence-electron chi connectivity index (χ3n) is 5.17. The van der Waals surface area contributed by atoms with Crippen LogP contribution in [0.15, 0.2) is 76.1 Å². The van der Waals surface area contributed by atoms with Gasteiger partial charge in [0.25, 0.3) is 5.91 Å². The van der Waals surface area contributed by atoms with Crippen LogP contribution in [-0.4, -0.2) is 11.4 Å². The number of aryl methyl sites for hydroxylation is 1. The molecule has 1 fully saturated rings. The molecule has 1 saturated heterocycles. The van der Waals surface area contributed by atoms with Gasteiger partial charge in [-0.2, -0.15) is 5.26 Å². The van der Waals surface area contributed by atoms with E-state index in [9.17, 15) is 10.1 Å². The lowest BCUT2D eigenvalue weighted by Gasteiger charge is -2.13. The van der Waals surface area contributed by atoms with Gasteiger partial charge in [0.05, 0.1) is 16.5 Å². The van der Waals surface area contributed by atoms with Gasteiger partial charge in [0.1, 0.15) is 12.4 Å². The summed E-state index contributed by atoms with van der Waals surface area (Å²) in [4.78, 5) is 13.2. The number of carbonyl (C=O) groups is 1. The topological polar surface area (TPSA) is 74.2 Å². The Labute approximate surface area is 206 Å². The average Bonchev–Trinajstić information content (AvgIpc) is 3.17. The molecule has 7 heteroatoms. The Balaban J connectivity index is 1.50. The van der Waals surface area contributed by atoms with Crippen LogP contribution < -0.4 is 15.4 Å². The molecule has 3 aromatic rings. The van der Waals surface area contributed by atoms with Gasteiger partial charge in [0.2, 0.25) is 0 Å². The zero-order valence-corrected chi connectivity index (χ0v) is 20.4. The van der Waals surface area contributed by atoms with E-state index in [4.69, 9.17) is 4.74 Å². The molecular weight excluding hydrogens is 498 g/mol. The molecule has 1 heterocycles. The highest BCUT2D eigenvalue weighted by molar-refractivity contribution is 9.10. The highest BCUT2D eigenvalue weighted by Crippen LogP contribution is 2.33. The number of nitrogens with zero attached hydrogens (tertiary/aromatic N) is 1. The number of hydrogen-bond donors (Lipinski definition) is 2. The molecule has 0 aromatic heterocycles. The van der Waals surface area contributed by atoms with Crippen molar-refractivity contribution in [1.82, 2.24) is 5.32 Å². The van der Waals surface area contributed by atoms with Crippen LogP contribution in [-0.2, 0) is 17.8 Å². The first-order valence-corrected chi connectivity index (χ1v) is 12.2. The Bertz CT molecular complexity index is 1240. The molecule has 1 amide bonds. The number of anilines is 1. The molecule has 0 saturated carbocycles. The second-order valence-electron chi connectivity index (χ2n) is 7.41. The van der Waals surface area contributed by atoms with Gasteiger partial charge in [-0.15, -0.1) is 0 Å². The van der Waals surface area contributed by atoms with Gasteiger partial charge in [-0.1, -0.05) is 64.9 Å². The normalized spacial score (nSPS) is 16.3. The summed E-state index contributed by atoms with van der Waals surface area (Å²) in [5, 5.41) is 15.6. The number of nitriles is 1. The molecule has 166 valence electrons. The first kappa shape index (κ1) is 23.0. The van der Waals surface area contributed by atoms with Crippen LogP contribution in [0.3, 0.4) is 0 Å². The SMILES string of the molecule is CCc1ccc(N[C@H]2NC(=O)/C(=C/c3cc(Br)ccc3OCc3ccccc3C#N)S2)cc1. The summed E-state index contributed by atoms with van der Waals surface area (Å²) in [6.45, 7) is 2.38. The van der Waals surface area contributed by atoms with Crippen molar-refractivity contribution in [3.05, 3.63) is 98.4 Å². The average molecular weight is 520 g/mol. The molecule has 0 spiro atoms. The maximum Gasteiger partial charge on any atom is 0.260 e. The number of amides is 1. The van der Waals surface area contributed by atoms with Crippen molar-refractivity contribution in [2.45, 2.75) is 25.4 Å². The molecule has 0 unspecified atom stereocenters. The van der Waals surface area contributed by atoms with E-state index in [0.717, 1.165) is 27.7 Å². The molecule has 33 heavy (non-hydrogen) atoms. The summed E-state index contributed by atoms with van der Waals surface area (Å²) in [7, 11) is 0. The van der Waals surface area contributed by atoms with Crippen LogP contribution in [0.25, 0.3) is 6.08 Å². The monoisotopic (exact) mass is 519 g/mol. The summed E-state index contributed by atoms with van der Waals surface area (Å²) >= 11 is 4.93. The Kier molecular flexibility index (Phi) is 7.38. The van der Waals surface area contributed by atoms with Crippen molar-refractivity contribution in [2.24, 2.45) is 0 Å². The summed E-state index contributed by atoms with van der Waals surface area (Å²) < 4.78 is 6.92. The third kappa shape index (κ3) is 5.78. The second kappa shape index (κ2) is 10.6. The summed E-state index contributed by atoms with van der Waals surface area (Å²) in [6.07, 6.45) is 2.82. The zero-order chi connectivity index (χ0) is 23.2. The smallest absolute Gasteiger partial charge is 0.260 e. The first-order chi connectivity index (χ1) is 16.1. The lowest BCUT2D eigenvalue weighted by Crippen LogP contribution is -2.30. The Morgan fingerprint density at radius 3 is 2.73 bits per heavy atom.